The molecule has 0 aromatic carbocycles. The maximum Gasteiger partial charge on any atom is 0.137 e. The average Bonchev–Trinajstić information content (AvgIpc) is 3.28. The van der Waals surface area contributed by atoms with Gasteiger partial charge in [0.15, 0.2) is 0 Å². The monoisotopic (exact) mass is 608 g/mol. The second-order valence-corrected chi connectivity index (χ2v) is 14.7. The van der Waals surface area contributed by atoms with E-state index in [9.17, 15) is 25.2 Å². The highest BCUT2D eigenvalue weighted by atomic mass is 16.4. The van der Waals surface area contributed by atoms with Gasteiger partial charge in [-0.3, -0.25) is 5.73 Å². The Morgan fingerprint density at radius 1 is 1.07 bits per heavy atom. The molecule has 9 N–H and O–H groups in total. The zero-order valence-electron chi connectivity index (χ0n) is 27.4. The molecular formula is C35H66N3O5+. The molecule has 43 heavy (non-hydrogen) atoms. The third-order valence-corrected chi connectivity index (χ3v) is 11.1. The van der Waals surface area contributed by atoms with E-state index in [4.69, 9.17) is 5.73 Å². The van der Waals surface area contributed by atoms with E-state index in [0.29, 0.717) is 42.9 Å². The van der Waals surface area contributed by atoms with Crippen LogP contribution in [0.4, 0.5) is 0 Å². The summed E-state index contributed by atoms with van der Waals surface area (Å²) in [6.07, 6.45) is 18.4. The lowest BCUT2D eigenvalue weighted by atomic mass is 9.81. The highest BCUT2D eigenvalue weighted by Crippen LogP contribution is 2.45. The smallest absolute Gasteiger partial charge is 0.137 e. The molecule has 1 saturated heterocycles. The molecule has 2 aliphatic carbocycles. The van der Waals surface area contributed by atoms with Crippen LogP contribution in [0, 0.1) is 35.5 Å². The molecule has 0 aromatic heterocycles. The van der Waals surface area contributed by atoms with Crippen LogP contribution in [0.5, 0.6) is 0 Å². The van der Waals surface area contributed by atoms with Gasteiger partial charge in [0.1, 0.15) is 6.17 Å². The Morgan fingerprint density at radius 2 is 1.84 bits per heavy atom. The number of carboxylic acid groups (broad SMARTS) is 1. The van der Waals surface area contributed by atoms with Crippen LogP contribution in [0.3, 0.4) is 0 Å². The summed E-state index contributed by atoms with van der Waals surface area (Å²) in [6.45, 7) is 7.47. The molecule has 0 aromatic rings. The molecule has 1 heterocycles. The number of rotatable bonds is 20. The molecule has 8 heteroatoms. The summed E-state index contributed by atoms with van der Waals surface area (Å²) >= 11 is 0. The van der Waals surface area contributed by atoms with Crippen LogP contribution in [-0.2, 0) is 4.79 Å². The van der Waals surface area contributed by atoms with Gasteiger partial charge in [-0.05, 0) is 88.9 Å². The summed E-state index contributed by atoms with van der Waals surface area (Å²) in [4.78, 5) is 12.0. The second kappa shape index (κ2) is 18.8. The number of carbonyl (C=O) groups is 1. The van der Waals surface area contributed by atoms with E-state index in [-0.39, 0.29) is 24.6 Å². The summed E-state index contributed by atoms with van der Waals surface area (Å²) in [5, 5.41) is 49.7. The lowest BCUT2D eigenvalue weighted by Crippen LogP contribution is -2.94. The van der Waals surface area contributed by atoms with Crippen molar-refractivity contribution >= 4 is 5.97 Å². The summed E-state index contributed by atoms with van der Waals surface area (Å²) in [5.74, 6) is 0.0689. The van der Waals surface area contributed by atoms with Crippen molar-refractivity contribution in [1.29, 1.82) is 0 Å². The van der Waals surface area contributed by atoms with Crippen LogP contribution >= 0.6 is 0 Å². The molecular weight excluding hydrogens is 542 g/mol. The Labute approximate surface area is 261 Å². The maximum absolute atomic E-state index is 12.0. The number of hydrogen-bond donors (Lipinski definition) is 6. The number of nitrogens with two attached hydrogens (primary N) is 3. The number of carboxylic acids is 1. The summed E-state index contributed by atoms with van der Waals surface area (Å²) < 4.78 is 0. The van der Waals surface area contributed by atoms with Gasteiger partial charge >= 0.3 is 0 Å². The summed E-state index contributed by atoms with van der Waals surface area (Å²) in [6, 6.07) is 0. The van der Waals surface area contributed by atoms with Gasteiger partial charge < -0.3 is 35.9 Å². The number of allylic oxidation sites excluding steroid dienone is 1. The molecule has 3 aliphatic rings. The fourth-order valence-electron chi connectivity index (χ4n) is 8.47. The van der Waals surface area contributed by atoms with Crippen LogP contribution in [0.1, 0.15) is 123 Å². The highest BCUT2D eigenvalue weighted by Gasteiger charge is 2.45. The molecule has 0 amide bonds. The van der Waals surface area contributed by atoms with Gasteiger partial charge in [0.25, 0.3) is 0 Å². The lowest BCUT2D eigenvalue weighted by Gasteiger charge is -2.30. The molecule has 0 bridgehead atoms. The van der Waals surface area contributed by atoms with E-state index < -0.39 is 23.6 Å². The SMILES string of the molecule is CCCCCC1C=CC(CCCCCC(C(=O)[O-])C(O)CCC2(O)CC(C[NH2+]CC)C(CC3CC[NH2+]C(N)C3)C2)C(O)C1. The van der Waals surface area contributed by atoms with Crippen LogP contribution in [-0.4, -0.2) is 64.9 Å². The topological polar surface area (TPSA) is 160 Å². The minimum Gasteiger partial charge on any atom is -0.550 e. The number of unbranched alkanes of at least 4 members (excludes halogenated alkanes) is 4. The molecule has 10 unspecified atom stereocenters. The zero-order chi connectivity index (χ0) is 31.2. The quantitative estimate of drug-likeness (QED) is 0.0909. The van der Waals surface area contributed by atoms with Crippen LogP contribution in [0.15, 0.2) is 12.2 Å². The van der Waals surface area contributed by atoms with Gasteiger partial charge in [-0.2, -0.15) is 0 Å². The second-order valence-electron chi connectivity index (χ2n) is 14.7. The minimum atomic E-state index is -1.19. The van der Waals surface area contributed by atoms with E-state index in [1.807, 2.05) is 0 Å². The molecule has 3 rings (SSSR count). The molecule has 0 spiro atoms. The van der Waals surface area contributed by atoms with Crippen molar-refractivity contribution in [1.82, 2.24) is 0 Å². The number of aliphatic carboxylic acids is 1. The fraction of sp³-hybridized carbons (Fsp3) is 0.914. The van der Waals surface area contributed by atoms with Crippen molar-refractivity contribution in [3.63, 3.8) is 0 Å². The third kappa shape index (κ3) is 12.4. The van der Waals surface area contributed by atoms with E-state index in [2.05, 4.69) is 36.6 Å². The van der Waals surface area contributed by atoms with E-state index in [1.54, 1.807) is 0 Å². The largest absolute Gasteiger partial charge is 0.550 e. The molecule has 0 radical (unpaired) electrons. The summed E-state index contributed by atoms with van der Waals surface area (Å²) in [7, 11) is 0. The molecule has 1 saturated carbocycles. The standard InChI is InChI=1S/C35H65N3O5/c1-3-5-7-10-25-13-14-27(32(40)20-25)11-8-6-9-12-30(34(41)42)31(39)15-17-35(43)22-28(29(23-35)24-37-4-2)19-26-16-18-38-33(36)21-26/h13-14,25-33,37-40,43H,3-12,15-24,36H2,1-2H3,(H,41,42)/p+1. The molecule has 10 atom stereocenters. The number of quaternary nitrogens is 2. The summed E-state index contributed by atoms with van der Waals surface area (Å²) in [5.41, 5.74) is 5.36. The van der Waals surface area contributed by atoms with Gasteiger partial charge in [-0.15, -0.1) is 0 Å². The average molecular weight is 609 g/mol. The van der Waals surface area contributed by atoms with Gasteiger partial charge in [-0.25, -0.2) is 0 Å². The van der Waals surface area contributed by atoms with Gasteiger partial charge in [0, 0.05) is 30.1 Å². The fourth-order valence-corrected chi connectivity index (χ4v) is 8.47. The Morgan fingerprint density at radius 3 is 2.53 bits per heavy atom. The molecule has 1 aliphatic heterocycles. The predicted molar refractivity (Wildman–Crippen MR) is 168 cm³/mol. The van der Waals surface area contributed by atoms with Crippen molar-refractivity contribution in [2.45, 2.75) is 147 Å². The molecule has 8 nitrogen and oxygen atoms in total. The van der Waals surface area contributed by atoms with Crippen LogP contribution in [0.2, 0.25) is 0 Å². The first-order valence-corrected chi connectivity index (χ1v) is 18.0. The predicted octanol–water partition coefficient (Wildman–Crippen LogP) is 1.57. The Hall–Kier alpha value is -1.03. The molecule has 250 valence electrons. The zero-order valence-corrected chi connectivity index (χ0v) is 27.4. The Balaban J connectivity index is 1.41. The number of carbonyl (C=O) groups excluding carboxylic acids is 1. The van der Waals surface area contributed by atoms with Crippen molar-refractivity contribution in [3.8, 4) is 0 Å². The van der Waals surface area contributed by atoms with E-state index in [1.165, 1.54) is 25.7 Å². The van der Waals surface area contributed by atoms with Gasteiger partial charge in [-0.1, -0.05) is 57.6 Å². The van der Waals surface area contributed by atoms with Crippen LogP contribution in [0.25, 0.3) is 0 Å². The number of hydrogen-bond acceptors (Lipinski definition) is 6. The van der Waals surface area contributed by atoms with E-state index in [0.717, 1.165) is 77.4 Å². The lowest BCUT2D eigenvalue weighted by molar-refractivity contribution is -0.699. The van der Waals surface area contributed by atoms with Crippen molar-refractivity contribution in [3.05, 3.63) is 12.2 Å². The van der Waals surface area contributed by atoms with Crippen molar-refractivity contribution < 1.29 is 35.9 Å². The van der Waals surface area contributed by atoms with Crippen molar-refractivity contribution in [2.75, 3.05) is 19.6 Å². The molecule has 2 fully saturated rings. The Bertz CT molecular complexity index is 827. The minimum absolute atomic E-state index is 0.181. The first-order valence-electron chi connectivity index (χ1n) is 18.0. The first kappa shape index (κ1) is 36.4. The maximum atomic E-state index is 12.0. The number of piperidine rings is 1. The first-order chi connectivity index (χ1) is 20.6. The van der Waals surface area contributed by atoms with Gasteiger partial charge in [0.05, 0.1) is 37.4 Å². The third-order valence-electron chi connectivity index (χ3n) is 11.1. The highest BCUT2D eigenvalue weighted by molar-refractivity contribution is 5.68. The van der Waals surface area contributed by atoms with Crippen LogP contribution < -0.4 is 21.5 Å². The normalized spacial score (nSPS) is 34.3. The number of aliphatic hydroxyl groups excluding tert-OH is 2. The van der Waals surface area contributed by atoms with Gasteiger partial charge in [0.2, 0.25) is 0 Å². The van der Waals surface area contributed by atoms with Crippen molar-refractivity contribution in [2.24, 2.45) is 41.2 Å². The Kier molecular flexibility index (Phi) is 16.0. The van der Waals surface area contributed by atoms with E-state index >= 15 is 0 Å². The number of aliphatic hydroxyl groups is 3.